The van der Waals surface area contributed by atoms with Crippen molar-refractivity contribution in [3.05, 3.63) is 17.3 Å². The van der Waals surface area contributed by atoms with Crippen molar-refractivity contribution in [3.63, 3.8) is 0 Å². The summed E-state index contributed by atoms with van der Waals surface area (Å²) in [5.41, 5.74) is 0.892. The summed E-state index contributed by atoms with van der Waals surface area (Å²) in [6.07, 6.45) is 3.04. The normalized spacial score (nSPS) is 11.6. The molecule has 0 aliphatic carbocycles. The van der Waals surface area contributed by atoms with E-state index in [2.05, 4.69) is 30.7 Å². The van der Waals surface area contributed by atoms with E-state index < -0.39 is 0 Å². The van der Waals surface area contributed by atoms with Crippen LogP contribution in [0.2, 0.25) is 0 Å². The molecule has 0 aliphatic heterocycles. The standard InChI is InChI=1S/C12H19N3OS/c1-4-5-14(9(2)3)11-10(8-16)15-6-7-17-12(15)13-11/h6-7,9,16H,4-5,8H2,1-3H3. The first-order valence-corrected chi connectivity index (χ1v) is 6.89. The predicted octanol–water partition coefficient (Wildman–Crippen LogP) is 2.51. The first-order chi connectivity index (χ1) is 8.19. The second kappa shape index (κ2) is 5.06. The molecular formula is C12H19N3OS. The average molecular weight is 253 g/mol. The summed E-state index contributed by atoms with van der Waals surface area (Å²) in [7, 11) is 0. The summed E-state index contributed by atoms with van der Waals surface area (Å²) < 4.78 is 1.98. The van der Waals surface area contributed by atoms with Crippen LogP contribution in [0.4, 0.5) is 5.82 Å². The highest BCUT2D eigenvalue weighted by molar-refractivity contribution is 7.15. The quantitative estimate of drug-likeness (QED) is 0.890. The highest BCUT2D eigenvalue weighted by Crippen LogP contribution is 2.26. The number of fused-ring (bicyclic) bond motifs is 1. The van der Waals surface area contributed by atoms with Gasteiger partial charge in [0.05, 0.1) is 12.3 Å². The number of aromatic nitrogens is 2. The van der Waals surface area contributed by atoms with E-state index in [0.717, 1.165) is 29.4 Å². The minimum atomic E-state index is 0.0279. The molecule has 2 aromatic rings. The fraction of sp³-hybridized carbons (Fsp3) is 0.583. The Kier molecular flexibility index (Phi) is 3.69. The van der Waals surface area contributed by atoms with E-state index in [9.17, 15) is 5.11 Å². The Balaban J connectivity index is 2.47. The fourth-order valence-corrected chi connectivity index (χ4v) is 2.78. The third-order valence-electron chi connectivity index (χ3n) is 2.85. The Bertz CT molecular complexity index is 489. The van der Waals surface area contributed by atoms with Crippen LogP contribution in [-0.4, -0.2) is 27.1 Å². The largest absolute Gasteiger partial charge is 0.390 e. The molecule has 0 aromatic carbocycles. The van der Waals surface area contributed by atoms with Gasteiger partial charge in [-0.3, -0.25) is 4.40 Å². The second-order valence-electron chi connectivity index (χ2n) is 4.38. The molecule has 0 fully saturated rings. The molecule has 1 N–H and O–H groups in total. The number of hydrogen-bond donors (Lipinski definition) is 1. The van der Waals surface area contributed by atoms with Crippen LogP contribution in [-0.2, 0) is 6.61 Å². The van der Waals surface area contributed by atoms with Gasteiger partial charge in [-0.2, -0.15) is 0 Å². The van der Waals surface area contributed by atoms with Crippen molar-refractivity contribution in [1.29, 1.82) is 0 Å². The van der Waals surface area contributed by atoms with Crippen molar-refractivity contribution in [3.8, 4) is 0 Å². The maximum Gasteiger partial charge on any atom is 0.195 e. The molecule has 2 heterocycles. The molecule has 0 bridgehead atoms. The highest BCUT2D eigenvalue weighted by atomic mass is 32.1. The maximum absolute atomic E-state index is 9.54. The molecule has 0 aliphatic rings. The van der Waals surface area contributed by atoms with E-state index in [0.29, 0.717) is 6.04 Å². The Labute approximate surface area is 106 Å². The Hall–Kier alpha value is -1.07. The molecule has 2 rings (SSSR count). The molecule has 2 aromatic heterocycles. The second-order valence-corrected chi connectivity index (χ2v) is 5.26. The van der Waals surface area contributed by atoms with Crippen molar-refractivity contribution in [2.75, 3.05) is 11.4 Å². The third kappa shape index (κ3) is 2.17. The molecule has 0 unspecified atom stereocenters. The smallest absolute Gasteiger partial charge is 0.195 e. The zero-order valence-electron chi connectivity index (χ0n) is 10.6. The average Bonchev–Trinajstić information content (AvgIpc) is 2.84. The van der Waals surface area contributed by atoms with E-state index in [4.69, 9.17) is 0 Å². The minimum absolute atomic E-state index is 0.0279. The first-order valence-electron chi connectivity index (χ1n) is 6.01. The molecule has 0 atom stereocenters. The molecule has 5 heteroatoms. The summed E-state index contributed by atoms with van der Waals surface area (Å²) in [5, 5.41) is 11.5. The van der Waals surface area contributed by atoms with E-state index in [1.54, 1.807) is 11.3 Å². The van der Waals surface area contributed by atoms with Crippen molar-refractivity contribution >= 4 is 22.1 Å². The fourth-order valence-electron chi connectivity index (χ4n) is 2.05. The summed E-state index contributed by atoms with van der Waals surface area (Å²) >= 11 is 1.60. The number of aliphatic hydroxyl groups is 1. The Morgan fingerprint density at radius 2 is 2.29 bits per heavy atom. The third-order valence-corrected chi connectivity index (χ3v) is 3.61. The monoisotopic (exact) mass is 253 g/mol. The molecule has 0 saturated heterocycles. The molecule has 0 spiro atoms. The van der Waals surface area contributed by atoms with Crippen LogP contribution in [0.3, 0.4) is 0 Å². The van der Waals surface area contributed by atoms with Crippen molar-refractivity contribution in [2.24, 2.45) is 0 Å². The topological polar surface area (TPSA) is 40.8 Å². The van der Waals surface area contributed by atoms with Crippen LogP contribution in [0, 0.1) is 0 Å². The zero-order chi connectivity index (χ0) is 12.4. The number of rotatable bonds is 5. The Morgan fingerprint density at radius 3 is 2.88 bits per heavy atom. The lowest BCUT2D eigenvalue weighted by Crippen LogP contribution is -2.32. The molecule has 94 valence electrons. The van der Waals surface area contributed by atoms with Crippen LogP contribution < -0.4 is 4.90 Å². The van der Waals surface area contributed by atoms with Crippen LogP contribution >= 0.6 is 11.3 Å². The maximum atomic E-state index is 9.54. The number of nitrogens with zero attached hydrogens (tertiary/aromatic N) is 3. The van der Waals surface area contributed by atoms with Crippen LogP contribution in [0.1, 0.15) is 32.9 Å². The minimum Gasteiger partial charge on any atom is -0.390 e. The van der Waals surface area contributed by atoms with E-state index >= 15 is 0 Å². The summed E-state index contributed by atoms with van der Waals surface area (Å²) in [5.74, 6) is 0.927. The molecule has 17 heavy (non-hydrogen) atoms. The molecule has 0 amide bonds. The lowest BCUT2D eigenvalue weighted by Gasteiger charge is -2.27. The lowest BCUT2D eigenvalue weighted by molar-refractivity contribution is 0.276. The molecule has 0 radical (unpaired) electrons. The van der Waals surface area contributed by atoms with Crippen LogP contribution in [0.25, 0.3) is 4.96 Å². The SMILES string of the molecule is CCCN(c1nc2sccn2c1CO)C(C)C. The number of aliphatic hydroxyl groups excluding tert-OH is 1. The van der Waals surface area contributed by atoms with Crippen molar-refractivity contribution in [2.45, 2.75) is 39.8 Å². The van der Waals surface area contributed by atoms with Gasteiger partial charge in [-0.15, -0.1) is 11.3 Å². The van der Waals surface area contributed by atoms with E-state index in [1.165, 1.54) is 0 Å². The van der Waals surface area contributed by atoms with Gasteiger partial charge in [0.15, 0.2) is 10.8 Å². The summed E-state index contributed by atoms with van der Waals surface area (Å²) in [4.78, 5) is 7.84. The summed E-state index contributed by atoms with van der Waals surface area (Å²) in [6, 6.07) is 0.393. The number of anilines is 1. The van der Waals surface area contributed by atoms with Crippen LogP contribution in [0.15, 0.2) is 11.6 Å². The van der Waals surface area contributed by atoms with Gasteiger partial charge in [0, 0.05) is 24.2 Å². The van der Waals surface area contributed by atoms with Gasteiger partial charge >= 0.3 is 0 Å². The first kappa shape index (κ1) is 12.4. The van der Waals surface area contributed by atoms with E-state index in [-0.39, 0.29) is 6.61 Å². The van der Waals surface area contributed by atoms with Gasteiger partial charge in [0.1, 0.15) is 0 Å². The Morgan fingerprint density at radius 1 is 1.53 bits per heavy atom. The van der Waals surface area contributed by atoms with E-state index in [1.807, 2.05) is 16.0 Å². The van der Waals surface area contributed by atoms with Gasteiger partial charge in [-0.25, -0.2) is 4.98 Å². The number of imidazole rings is 1. The predicted molar refractivity (Wildman–Crippen MR) is 71.8 cm³/mol. The van der Waals surface area contributed by atoms with Gasteiger partial charge in [-0.1, -0.05) is 6.92 Å². The van der Waals surface area contributed by atoms with Crippen LogP contribution in [0.5, 0.6) is 0 Å². The highest BCUT2D eigenvalue weighted by Gasteiger charge is 2.19. The summed E-state index contributed by atoms with van der Waals surface area (Å²) in [6.45, 7) is 7.47. The van der Waals surface area contributed by atoms with Crippen molar-refractivity contribution < 1.29 is 5.11 Å². The van der Waals surface area contributed by atoms with Gasteiger partial charge in [0.2, 0.25) is 0 Å². The zero-order valence-corrected chi connectivity index (χ0v) is 11.4. The number of hydrogen-bond acceptors (Lipinski definition) is 4. The molecule has 4 nitrogen and oxygen atoms in total. The van der Waals surface area contributed by atoms with Gasteiger partial charge in [-0.05, 0) is 20.3 Å². The van der Waals surface area contributed by atoms with Gasteiger partial charge in [0.25, 0.3) is 0 Å². The molecular weight excluding hydrogens is 234 g/mol. The molecule has 0 saturated carbocycles. The van der Waals surface area contributed by atoms with Crippen molar-refractivity contribution in [1.82, 2.24) is 9.38 Å². The lowest BCUT2D eigenvalue weighted by atomic mass is 10.2. The number of thiazole rings is 1. The van der Waals surface area contributed by atoms with Gasteiger partial charge < -0.3 is 10.0 Å².